The van der Waals surface area contributed by atoms with E-state index in [2.05, 4.69) is 27.7 Å². The van der Waals surface area contributed by atoms with Crippen LogP contribution in [0.25, 0.3) is 0 Å². The Morgan fingerprint density at radius 1 is 0.429 bits per heavy atom. The molecule has 0 radical (unpaired) electrons. The molecule has 0 saturated carbocycles. The topological polar surface area (TPSA) is 72.8 Å². The van der Waals surface area contributed by atoms with E-state index in [0.29, 0.717) is 12.8 Å². The number of carbonyl (C=O) groups is 2. The lowest BCUT2D eigenvalue weighted by Crippen LogP contribution is -2.25. The van der Waals surface area contributed by atoms with Gasteiger partial charge in [-0.25, -0.2) is 0 Å². The minimum absolute atomic E-state index is 0.108. The van der Waals surface area contributed by atoms with Crippen molar-refractivity contribution in [3.05, 3.63) is 0 Å². The van der Waals surface area contributed by atoms with E-state index in [4.69, 9.17) is 9.47 Å². The fraction of sp³-hybridized carbons (Fsp3) is 0.955. The molecule has 1 N–H and O–H groups in total. The third-order valence-electron chi connectivity index (χ3n) is 10.3. The van der Waals surface area contributed by atoms with Crippen molar-refractivity contribution < 1.29 is 24.2 Å². The summed E-state index contributed by atoms with van der Waals surface area (Å²) in [5.74, 6) is 1.19. The monoisotopic (exact) mass is 695 g/mol. The lowest BCUT2D eigenvalue weighted by molar-refractivity contribution is -0.152. The smallest absolute Gasteiger partial charge is 0.305 e. The molecule has 0 heterocycles. The van der Waals surface area contributed by atoms with Gasteiger partial charge in [0.15, 0.2) is 0 Å². The van der Waals surface area contributed by atoms with E-state index in [1.165, 1.54) is 173 Å². The number of rotatable bonds is 39. The second kappa shape index (κ2) is 38.1. The maximum atomic E-state index is 12.0. The normalized spacial score (nSPS) is 12.8. The van der Waals surface area contributed by atoms with E-state index in [0.717, 1.165) is 37.5 Å². The summed E-state index contributed by atoms with van der Waals surface area (Å²) in [5, 5.41) is 10.0. The van der Waals surface area contributed by atoms with E-state index in [1.54, 1.807) is 0 Å². The van der Waals surface area contributed by atoms with Crippen LogP contribution in [0, 0.1) is 11.8 Å². The summed E-state index contributed by atoms with van der Waals surface area (Å²) in [6.45, 7) is 9.07. The van der Waals surface area contributed by atoms with Crippen molar-refractivity contribution in [2.24, 2.45) is 11.8 Å². The third kappa shape index (κ3) is 39.5. The first-order valence-electron chi connectivity index (χ1n) is 21.8. The molecule has 0 rings (SSSR count). The third-order valence-corrected chi connectivity index (χ3v) is 10.3. The molecule has 5 heteroatoms. The quantitative estimate of drug-likeness (QED) is 0.0512. The van der Waals surface area contributed by atoms with Crippen LogP contribution >= 0.6 is 0 Å². The lowest BCUT2D eigenvalue weighted by atomic mass is 9.99. The predicted molar refractivity (Wildman–Crippen MR) is 210 cm³/mol. The van der Waals surface area contributed by atoms with Crippen molar-refractivity contribution in [1.29, 1.82) is 0 Å². The minimum Gasteiger partial charge on any atom is -0.463 e. The van der Waals surface area contributed by atoms with Gasteiger partial charge in [0.1, 0.15) is 19.3 Å². The summed E-state index contributed by atoms with van der Waals surface area (Å²) in [6.07, 6.45) is 40.2. The van der Waals surface area contributed by atoms with Gasteiger partial charge in [0.25, 0.3) is 0 Å². The van der Waals surface area contributed by atoms with Crippen molar-refractivity contribution >= 4 is 11.9 Å². The Morgan fingerprint density at radius 2 is 0.694 bits per heavy atom. The van der Waals surface area contributed by atoms with Gasteiger partial charge in [-0.1, -0.05) is 214 Å². The van der Waals surface area contributed by atoms with Gasteiger partial charge in [0.05, 0.1) is 0 Å². The van der Waals surface area contributed by atoms with Crippen LogP contribution in [0.5, 0.6) is 0 Å². The molecule has 0 aliphatic heterocycles. The zero-order valence-corrected chi connectivity index (χ0v) is 33.6. The molecule has 0 amide bonds. The molecule has 0 aromatic rings. The predicted octanol–water partition coefficient (Wildman–Crippen LogP) is 13.6. The standard InChI is InChI=1S/C44H86O5/c1-5-41(4)35-31-27-23-19-16-17-21-25-29-33-37-44(47)49-39-42(45)38-48-43(46)36-32-28-24-20-15-13-11-9-7-6-8-10-12-14-18-22-26-30-34-40(2)3/h40-42,45H,5-39H2,1-4H3/t41?,42-/m1/s1. The number of carbonyl (C=O) groups excluding carboxylic acids is 2. The molecule has 2 atom stereocenters. The Kier molecular flexibility index (Phi) is 37.3. The van der Waals surface area contributed by atoms with E-state index >= 15 is 0 Å². The summed E-state index contributed by atoms with van der Waals surface area (Å²) in [5.41, 5.74) is 0. The summed E-state index contributed by atoms with van der Waals surface area (Å²) < 4.78 is 10.4. The fourth-order valence-corrected chi connectivity index (χ4v) is 6.60. The van der Waals surface area contributed by atoms with Crippen LogP contribution in [0.15, 0.2) is 0 Å². The summed E-state index contributed by atoms with van der Waals surface area (Å²) in [7, 11) is 0. The van der Waals surface area contributed by atoms with Crippen molar-refractivity contribution in [2.45, 2.75) is 246 Å². The molecular weight excluding hydrogens is 608 g/mol. The van der Waals surface area contributed by atoms with Gasteiger partial charge in [-0.3, -0.25) is 9.59 Å². The van der Waals surface area contributed by atoms with Gasteiger partial charge in [-0.2, -0.15) is 0 Å². The molecule has 0 bridgehead atoms. The van der Waals surface area contributed by atoms with Gasteiger partial charge < -0.3 is 14.6 Å². The van der Waals surface area contributed by atoms with Crippen LogP contribution in [-0.2, 0) is 19.1 Å². The minimum atomic E-state index is -0.956. The molecule has 0 aliphatic rings. The van der Waals surface area contributed by atoms with Crippen LogP contribution < -0.4 is 0 Å². The molecule has 1 unspecified atom stereocenters. The molecule has 0 saturated heterocycles. The zero-order valence-electron chi connectivity index (χ0n) is 33.6. The van der Waals surface area contributed by atoms with Crippen molar-refractivity contribution in [1.82, 2.24) is 0 Å². The number of hydrogen-bond acceptors (Lipinski definition) is 5. The van der Waals surface area contributed by atoms with E-state index in [9.17, 15) is 14.7 Å². The highest BCUT2D eigenvalue weighted by Gasteiger charge is 2.12. The van der Waals surface area contributed by atoms with Crippen molar-refractivity contribution in [3.8, 4) is 0 Å². The largest absolute Gasteiger partial charge is 0.463 e. The SMILES string of the molecule is CCC(C)CCCCCCCCCCCCC(=O)OC[C@H](O)COC(=O)CCCCCCCCCCCCCCCCCCCCC(C)C. The first kappa shape index (κ1) is 47.9. The highest BCUT2D eigenvalue weighted by molar-refractivity contribution is 5.69. The summed E-state index contributed by atoms with van der Waals surface area (Å²) in [6, 6.07) is 0. The highest BCUT2D eigenvalue weighted by Crippen LogP contribution is 2.17. The van der Waals surface area contributed by atoms with E-state index < -0.39 is 6.10 Å². The fourth-order valence-electron chi connectivity index (χ4n) is 6.60. The van der Waals surface area contributed by atoms with Gasteiger partial charge in [0, 0.05) is 12.8 Å². The molecular formula is C44H86O5. The first-order chi connectivity index (χ1) is 23.8. The molecule has 0 spiro atoms. The van der Waals surface area contributed by atoms with Gasteiger partial charge in [-0.15, -0.1) is 0 Å². The van der Waals surface area contributed by atoms with Gasteiger partial charge >= 0.3 is 11.9 Å². The van der Waals surface area contributed by atoms with Crippen LogP contribution in [0.4, 0.5) is 0 Å². The second-order valence-electron chi connectivity index (χ2n) is 15.9. The maximum Gasteiger partial charge on any atom is 0.305 e. The molecule has 0 aliphatic carbocycles. The van der Waals surface area contributed by atoms with Crippen LogP contribution in [0.1, 0.15) is 240 Å². The Labute approximate surface area is 306 Å². The van der Waals surface area contributed by atoms with Crippen molar-refractivity contribution in [3.63, 3.8) is 0 Å². The molecule has 0 aromatic carbocycles. The Morgan fingerprint density at radius 3 is 0.980 bits per heavy atom. The van der Waals surface area contributed by atoms with Gasteiger partial charge in [0.2, 0.25) is 0 Å². The molecule has 292 valence electrons. The summed E-state index contributed by atoms with van der Waals surface area (Å²) >= 11 is 0. The molecule has 0 fully saturated rings. The first-order valence-corrected chi connectivity index (χ1v) is 21.8. The second-order valence-corrected chi connectivity index (χ2v) is 15.9. The Balaban J connectivity index is 3.36. The Hall–Kier alpha value is -1.10. The van der Waals surface area contributed by atoms with Crippen LogP contribution in [-0.4, -0.2) is 36.4 Å². The molecule has 5 nitrogen and oxygen atoms in total. The number of ether oxygens (including phenoxy) is 2. The number of aliphatic hydroxyl groups is 1. The lowest BCUT2D eigenvalue weighted by Gasteiger charge is -2.12. The van der Waals surface area contributed by atoms with Crippen LogP contribution in [0.2, 0.25) is 0 Å². The van der Waals surface area contributed by atoms with E-state index in [-0.39, 0.29) is 25.2 Å². The van der Waals surface area contributed by atoms with Gasteiger partial charge in [-0.05, 0) is 24.7 Å². The average Bonchev–Trinajstić information content (AvgIpc) is 3.09. The average molecular weight is 695 g/mol. The number of esters is 2. The molecule has 0 aromatic heterocycles. The number of aliphatic hydroxyl groups excluding tert-OH is 1. The zero-order chi connectivity index (χ0) is 36.0. The van der Waals surface area contributed by atoms with Crippen molar-refractivity contribution in [2.75, 3.05) is 13.2 Å². The number of unbranched alkanes of at least 4 members (excludes halogenated alkanes) is 26. The van der Waals surface area contributed by atoms with Crippen LogP contribution in [0.3, 0.4) is 0 Å². The summed E-state index contributed by atoms with van der Waals surface area (Å²) in [4.78, 5) is 24.0. The maximum absolute atomic E-state index is 12.0. The number of hydrogen-bond donors (Lipinski definition) is 1. The molecule has 49 heavy (non-hydrogen) atoms. The van der Waals surface area contributed by atoms with E-state index in [1.807, 2.05) is 0 Å². The highest BCUT2D eigenvalue weighted by atomic mass is 16.6. The Bertz CT molecular complexity index is 693.